The molecule has 0 radical (unpaired) electrons. The lowest BCUT2D eigenvalue weighted by Crippen LogP contribution is -2.30. The maximum absolute atomic E-state index is 14.2. The average Bonchev–Trinajstić information content (AvgIpc) is 3.24. The lowest BCUT2D eigenvalue weighted by molar-refractivity contribution is -0.166. The van der Waals surface area contributed by atoms with Crippen molar-refractivity contribution >= 4 is 17.8 Å². The Morgan fingerprint density at radius 3 is 1.63 bits per heavy atom. The Labute approximate surface area is 160 Å². The Bertz CT molecular complexity index is 861. The van der Waals surface area contributed by atoms with Gasteiger partial charge >= 0.3 is 0 Å². The van der Waals surface area contributed by atoms with Gasteiger partial charge in [-0.2, -0.15) is 0 Å². The van der Waals surface area contributed by atoms with Gasteiger partial charge in [0, 0.05) is 28.8 Å². The van der Waals surface area contributed by atoms with Crippen LogP contribution in [0.25, 0.3) is 0 Å². The number of rotatable bonds is 6. The molecule has 138 valence electrons. The molecular weight excluding hydrogens is 355 g/mol. The van der Waals surface area contributed by atoms with Crippen molar-refractivity contribution in [3.05, 3.63) is 96.6 Å². The van der Waals surface area contributed by atoms with Gasteiger partial charge in [-0.1, -0.05) is 91.0 Å². The molecule has 1 fully saturated rings. The van der Waals surface area contributed by atoms with Crippen LogP contribution in [-0.4, -0.2) is 19.4 Å². The molecular formula is C23H23O3P. The van der Waals surface area contributed by atoms with Crippen molar-refractivity contribution in [3.8, 4) is 0 Å². The summed E-state index contributed by atoms with van der Waals surface area (Å²) in [5, 5.41) is 1.75. The van der Waals surface area contributed by atoms with Crippen molar-refractivity contribution in [2.45, 2.75) is 12.2 Å². The molecule has 1 saturated heterocycles. The highest BCUT2D eigenvalue weighted by Crippen LogP contribution is 2.47. The van der Waals surface area contributed by atoms with E-state index in [-0.39, 0.29) is 0 Å². The first-order valence-electron chi connectivity index (χ1n) is 9.27. The SMILES string of the molecule is O=P(CCC1(c2ccccc2)OCCO1)(c1ccccc1)c1ccccc1. The summed E-state index contributed by atoms with van der Waals surface area (Å²) < 4.78 is 26.3. The third-order valence-corrected chi connectivity index (χ3v) is 8.19. The fraction of sp³-hybridized carbons (Fsp3) is 0.217. The van der Waals surface area contributed by atoms with Crippen LogP contribution in [0.4, 0.5) is 0 Å². The van der Waals surface area contributed by atoms with E-state index in [2.05, 4.69) is 0 Å². The zero-order chi connectivity index (χ0) is 18.6. The third kappa shape index (κ3) is 3.64. The molecule has 27 heavy (non-hydrogen) atoms. The summed E-state index contributed by atoms with van der Waals surface area (Å²) in [5.74, 6) is -0.819. The summed E-state index contributed by atoms with van der Waals surface area (Å²) in [6.45, 7) is 1.10. The van der Waals surface area contributed by atoms with Gasteiger partial charge in [0.25, 0.3) is 0 Å². The third-order valence-electron chi connectivity index (χ3n) is 5.07. The van der Waals surface area contributed by atoms with Crippen molar-refractivity contribution < 1.29 is 14.0 Å². The van der Waals surface area contributed by atoms with E-state index < -0.39 is 12.9 Å². The first-order chi connectivity index (χ1) is 13.2. The van der Waals surface area contributed by atoms with Gasteiger partial charge in [0.05, 0.1) is 13.2 Å². The first kappa shape index (κ1) is 18.2. The molecule has 0 unspecified atom stereocenters. The largest absolute Gasteiger partial charge is 0.343 e. The monoisotopic (exact) mass is 378 g/mol. The van der Waals surface area contributed by atoms with Crippen LogP contribution in [0.3, 0.4) is 0 Å². The van der Waals surface area contributed by atoms with E-state index in [0.29, 0.717) is 25.8 Å². The summed E-state index contributed by atoms with van der Waals surface area (Å²) in [5.41, 5.74) is 0.982. The summed E-state index contributed by atoms with van der Waals surface area (Å²) >= 11 is 0. The second-order valence-electron chi connectivity index (χ2n) is 6.70. The fourth-order valence-electron chi connectivity index (χ4n) is 3.65. The number of hydrogen-bond donors (Lipinski definition) is 0. The molecule has 0 bridgehead atoms. The minimum atomic E-state index is -2.80. The van der Waals surface area contributed by atoms with Gasteiger partial charge in [-0.3, -0.25) is 0 Å². The Kier molecular flexibility index (Phi) is 5.27. The van der Waals surface area contributed by atoms with E-state index in [1.165, 1.54) is 0 Å². The first-order valence-corrected chi connectivity index (χ1v) is 11.2. The predicted molar refractivity (Wildman–Crippen MR) is 109 cm³/mol. The smallest absolute Gasteiger partial charge is 0.195 e. The normalized spacial score (nSPS) is 16.3. The molecule has 0 amide bonds. The molecule has 0 aliphatic carbocycles. The quantitative estimate of drug-likeness (QED) is 0.601. The summed E-state index contributed by atoms with van der Waals surface area (Å²) in [4.78, 5) is 0. The van der Waals surface area contributed by atoms with E-state index in [1.807, 2.05) is 91.0 Å². The van der Waals surface area contributed by atoms with Gasteiger partial charge in [-0.25, -0.2) is 0 Å². The van der Waals surface area contributed by atoms with Crippen LogP contribution >= 0.6 is 7.14 Å². The van der Waals surface area contributed by atoms with E-state index in [1.54, 1.807) is 0 Å². The number of ether oxygens (including phenoxy) is 2. The Morgan fingerprint density at radius 1 is 0.704 bits per heavy atom. The van der Waals surface area contributed by atoms with Crippen LogP contribution < -0.4 is 10.6 Å². The van der Waals surface area contributed by atoms with Gasteiger partial charge in [-0.05, 0) is 0 Å². The molecule has 0 saturated carbocycles. The summed E-state index contributed by atoms with van der Waals surface area (Å²) in [6, 6.07) is 29.5. The van der Waals surface area contributed by atoms with Gasteiger partial charge in [0.1, 0.15) is 7.14 Å². The van der Waals surface area contributed by atoms with Crippen LogP contribution in [0, 0.1) is 0 Å². The van der Waals surface area contributed by atoms with Crippen molar-refractivity contribution in [2.24, 2.45) is 0 Å². The summed E-state index contributed by atoms with van der Waals surface area (Å²) in [6.07, 6.45) is 1.02. The van der Waals surface area contributed by atoms with Crippen molar-refractivity contribution in [1.82, 2.24) is 0 Å². The molecule has 1 aliphatic heterocycles. The lowest BCUT2D eigenvalue weighted by Gasteiger charge is -2.30. The predicted octanol–water partition coefficient (Wildman–Crippen LogP) is 4.29. The molecule has 3 aromatic rings. The van der Waals surface area contributed by atoms with Gasteiger partial charge < -0.3 is 14.0 Å². The zero-order valence-corrected chi connectivity index (χ0v) is 16.1. The topological polar surface area (TPSA) is 35.5 Å². The molecule has 0 N–H and O–H groups in total. The Balaban J connectivity index is 1.69. The molecule has 1 heterocycles. The summed E-state index contributed by atoms with van der Waals surface area (Å²) in [7, 11) is -2.80. The second-order valence-corrected chi connectivity index (χ2v) is 9.66. The van der Waals surface area contributed by atoms with Gasteiger partial charge in [0.15, 0.2) is 5.79 Å². The molecule has 4 rings (SSSR count). The van der Waals surface area contributed by atoms with Crippen LogP contribution in [-0.2, 0) is 19.8 Å². The van der Waals surface area contributed by atoms with Crippen molar-refractivity contribution in [2.75, 3.05) is 19.4 Å². The maximum atomic E-state index is 14.2. The Hall–Kier alpha value is -2.19. The number of hydrogen-bond acceptors (Lipinski definition) is 3. The highest BCUT2D eigenvalue weighted by molar-refractivity contribution is 7.78. The van der Waals surface area contributed by atoms with Crippen LogP contribution in [0.2, 0.25) is 0 Å². The van der Waals surface area contributed by atoms with E-state index in [9.17, 15) is 4.57 Å². The molecule has 3 aromatic carbocycles. The minimum absolute atomic E-state index is 0.482. The van der Waals surface area contributed by atoms with Gasteiger partial charge in [0.2, 0.25) is 0 Å². The minimum Gasteiger partial charge on any atom is -0.343 e. The van der Waals surface area contributed by atoms with E-state index in [0.717, 1.165) is 16.2 Å². The fourth-order valence-corrected chi connectivity index (χ4v) is 6.38. The van der Waals surface area contributed by atoms with Crippen LogP contribution in [0.1, 0.15) is 12.0 Å². The standard InChI is InChI=1S/C23H23O3P/c24-27(21-12-6-2-7-13-21,22-14-8-3-9-15-22)19-16-23(25-17-18-26-23)20-10-4-1-5-11-20/h1-15H,16-19H2. The van der Waals surface area contributed by atoms with Crippen molar-refractivity contribution in [1.29, 1.82) is 0 Å². The van der Waals surface area contributed by atoms with Crippen molar-refractivity contribution in [3.63, 3.8) is 0 Å². The molecule has 0 aromatic heterocycles. The van der Waals surface area contributed by atoms with E-state index >= 15 is 0 Å². The van der Waals surface area contributed by atoms with Crippen LogP contribution in [0.15, 0.2) is 91.0 Å². The molecule has 3 nitrogen and oxygen atoms in total. The van der Waals surface area contributed by atoms with Gasteiger partial charge in [-0.15, -0.1) is 0 Å². The molecule has 4 heteroatoms. The maximum Gasteiger partial charge on any atom is 0.195 e. The zero-order valence-electron chi connectivity index (χ0n) is 15.2. The Morgan fingerprint density at radius 2 is 1.15 bits per heavy atom. The molecule has 1 aliphatic rings. The van der Waals surface area contributed by atoms with E-state index in [4.69, 9.17) is 9.47 Å². The average molecular weight is 378 g/mol. The highest BCUT2D eigenvalue weighted by atomic mass is 31.2. The molecule has 0 atom stereocenters. The lowest BCUT2D eigenvalue weighted by atomic mass is 10.0. The molecule has 0 spiro atoms. The highest BCUT2D eigenvalue weighted by Gasteiger charge is 2.41. The number of benzene rings is 3. The second kappa shape index (κ2) is 7.82. The van der Waals surface area contributed by atoms with Crippen LogP contribution in [0.5, 0.6) is 0 Å².